The van der Waals surface area contributed by atoms with E-state index in [1.54, 1.807) is 0 Å². The number of carbonyl (C=O) groups is 1. The van der Waals surface area contributed by atoms with E-state index in [0.29, 0.717) is 13.0 Å². The highest BCUT2D eigenvalue weighted by Gasteiger charge is 2.25. The molecule has 1 fully saturated rings. The molecule has 2 N–H and O–H groups in total. The van der Waals surface area contributed by atoms with Crippen molar-refractivity contribution in [2.24, 2.45) is 0 Å². The SMILES string of the molecule is C#CC1(O)CCCNC1.CC(C)(C)OC=O. The van der Waals surface area contributed by atoms with E-state index >= 15 is 0 Å². The van der Waals surface area contributed by atoms with Crippen LogP contribution in [0.2, 0.25) is 0 Å². The molecule has 0 bridgehead atoms. The first-order chi connectivity index (χ1) is 7.33. The maximum atomic E-state index is 9.60. The van der Waals surface area contributed by atoms with Crippen LogP contribution in [0.15, 0.2) is 0 Å². The Bertz CT molecular complexity index is 244. The number of rotatable bonds is 1. The molecule has 1 aliphatic rings. The third-order valence-corrected chi connectivity index (χ3v) is 2.03. The first-order valence-corrected chi connectivity index (χ1v) is 5.35. The quantitative estimate of drug-likeness (QED) is 0.511. The molecule has 4 nitrogen and oxygen atoms in total. The summed E-state index contributed by atoms with van der Waals surface area (Å²) in [5, 5.41) is 12.4. The molecule has 4 heteroatoms. The van der Waals surface area contributed by atoms with E-state index in [1.807, 2.05) is 20.8 Å². The fourth-order valence-corrected chi connectivity index (χ4v) is 1.16. The summed E-state index contributed by atoms with van der Waals surface area (Å²) in [6.45, 7) is 7.44. The molecule has 0 spiro atoms. The van der Waals surface area contributed by atoms with Gasteiger partial charge in [0.2, 0.25) is 0 Å². The Labute approximate surface area is 97.4 Å². The van der Waals surface area contributed by atoms with E-state index in [1.165, 1.54) is 0 Å². The third kappa shape index (κ3) is 7.27. The van der Waals surface area contributed by atoms with E-state index < -0.39 is 5.60 Å². The predicted molar refractivity (Wildman–Crippen MR) is 62.8 cm³/mol. The molecule has 0 saturated carbocycles. The van der Waals surface area contributed by atoms with Gasteiger partial charge in [-0.25, -0.2) is 0 Å². The molecule has 0 aromatic rings. The van der Waals surface area contributed by atoms with Gasteiger partial charge in [0.25, 0.3) is 6.47 Å². The van der Waals surface area contributed by atoms with Crippen LogP contribution >= 0.6 is 0 Å². The van der Waals surface area contributed by atoms with Gasteiger partial charge in [-0.3, -0.25) is 4.79 Å². The Kier molecular flexibility index (Phi) is 6.09. The molecule has 92 valence electrons. The molecular weight excluding hydrogens is 206 g/mol. The van der Waals surface area contributed by atoms with E-state index in [-0.39, 0.29) is 5.60 Å². The molecule has 1 atom stereocenters. The summed E-state index contributed by atoms with van der Waals surface area (Å²) in [6, 6.07) is 0. The molecular formula is C12H21NO3. The summed E-state index contributed by atoms with van der Waals surface area (Å²) in [6.07, 6.45) is 6.80. The lowest BCUT2D eigenvalue weighted by atomic mass is 9.96. The van der Waals surface area contributed by atoms with Crippen LogP contribution in [0, 0.1) is 12.3 Å². The summed E-state index contributed by atoms with van der Waals surface area (Å²) in [7, 11) is 0. The second-order valence-corrected chi connectivity index (χ2v) is 4.78. The van der Waals surface area contributed by atoms with Crippen molar-refractivity contribution in [1.29, 1.82) is 0 Å². The van der Waals surface area contributed by atoms with Crippen LogP contribution in [-0.2, 0) is 9.53 Å². The Balaban J connectivity index is 0.000000293. The zero-order valence-corrected chi connectivity index (χ0v) is 10.2. The number of nitrogens with one attached hydrogen (secondary N) is 1. The number of terminal acetylenes is 1. The second-order valence-electron chi connectivity index (χ2n) is 4.78. The molecule has 0 aliphatic carbocycles. The second kappa shape index (κ2) is 6.51. The average Bonchev–Trinajstić information content (AvgIpc) is 2.18. The van der Waals surface area contributed by atoms with Gasteiger partial charge in [0.05, 0.1) is 0 Å². The average molecular weight is 227 g/mol. The molecule has 1 unspecified atom stereocenters. The molecule has 0 radical (unpaired) electrons. The largest absolute Gasteiger partial charge is 0.462 e. The number of aliphatic hydroxyl groups is 1. The zero-order chi connectivity index (χ0) is 12.7. The summed E-state index contributed by atoms with van der Waals surface area (Å²) in [5.74, 6) is 2.37. The number of hydrogen-bond acceptors (Lipinski definition) is 4. The number of hydrogen-bond donors (Lipinski definition) is 2. The fraction of sp³-hybridized carbons (Fsp3) is 0.750. The van der Waals surface area contributed by atoms with Crippen molar-refractivity contribution in [2.75, 3.05) is 13.1 Å². The van der Waals surface area contributed by atoms with Gasteiger partial charge in [0.1, 0.15) is 11.2 Å². The van der Waals surface area contributed by atoms with Crippen LogP contribution in [0.25, 0.3) is 0 Å². The molecule has 1 saturated heterocycles. The van der Waals surface area contributed by atoms with Crippen LogP contribution in [0.5, 0.6) is 0 Å². The van der Waals surface area contributed by atoms with Crippen molar-refractivity contribution in [2.45, 2.75) is 44.8 Å². The molecule has 1 heterocycles. The van der Waals surface area contributed by atoms with Gasteiger partial charge in [-0.2, -0.15) is 0 Å². The number of piperidine rings is 1. The van der Waals surface area contributed by atoms with E-state index in [4.69, 9.17) is 6.42 Å². The van der Waals surface area contributed by atoms with Crippen LogP contribution in [0.1, 0.15) is 33.6 Å². The van der Waals surface area contributed by atoms with Crippen molar-refractivity contribution >= 4 is 6.47 Å². The third-order valence-electron chi connectivity index (χ3n) is 2.03. The number of carbonyl (C=O) groups excluding carboxylic acids is 1. The molecule has 1 rings (SSSR count). The summed E-state index contributed by atoms with van der Waals surface area (Å²) in [5.41, 5.74) is -1.18. The van der Waals surface area contributed by atoms with Gasteiger partial charge in [-0.1, -0.05) is 5.92 Å². The molecule has 0 aromatic heterocycles. The number of ether oxygens (including phenoxy) is 1. The summed E-state index contributed by atoms with van der Waals surface area (Å²) < 4.78 is 4.55. The van der Waals surface area contributed by atoms with Gasteiger partial charge in [0, 0.05) is 6.54 Å². The predicted octanol–water partition coefficient (Wildman–Crippen LogP) is 0.692. The van der Waals surface area contributed by atoms with Gasteiger partial charge >= 0.3 is 0 Å². The van der Waals surface area contributed by atoms with E-state index in [0.717, 1.165) is 19.4 Å². The maximum absolute atomic E-state index is 9.60. The minimum atomic E-state index is -0.863. The van der Waals surface area contributed by atoms with Crippen molar-refractivity contribution in [3.8, 4) is 12.3 Å². The maximum Gasteiger partial charge on any atom is 0.293 e. The summed E-state index contributed by atoms with van der Waals surface area (Å²) in [4.78, 5) is 9.60. The lowest BCUT2D eigenvalue weighted by Gasteiger charge is -2.27. The van der Waals surface area contributed by atoms with Crippen LogP contribution in [0.3, 0.4) is 0 Å². The summed E-state index contributed by atoms with van der Waals surface area (Å²) >= 11 is 0. The monoisotopic (exact) mass is 227 g/mol. The van der Waals surface area contributed by atoms with Gasteiger partial charge in [-0.05, 0) is 40.2 Å². The lowest BCUT2D eigenvalue weighted by Crippen LogP contribution is -2.44. The highest BCUT2D eigenvalue weighted by molar-refractivity contribution is 5.37. The van der Waals surface area contributed by atoms with Crippen molar-refractivity contribution < 1.29 is 14.6 Å². The lowest BCUT2D eigenvalue weighted by molar-refractivity contribution is -0.138. The molecule has 0 amide bonds. The van der Waals surface area contributed by atoms with Gasteiger partial charge in [-0.15, -0.1) is 6.42 Å². The standard InChI is InChI=1S/C7H11NO.C5H10O2/c1-2-7(9)4-3-5-8-6-7;1-5(2,3)7-4-6/h1,8-9H,3-6H2;4H,1-3H3. The van der Waals surface area contributed by atoms with Crippen molar-refractivity contribution in [3.05, 3.63) is 0 Å². The van der Waals surface area contributed by atoms with Gasteiger partial charge < -0.3 is 15.2 Å². The van der Waals surface area contributed by atoms with E-state index in [9.17, 15) is 9.90 Å². The zero-order valence-electron chi connectivity index (χ0n) is 10.2. The Hall–Kier alpha value is -1.05. The topological polar surface area (TPSA) is 58.6 Å². The Morgan fingerprint density at radius 3 is 2.38 bits per heavy atom. The van der Waals surface area contributed by atoms with Crippen LogP contribution < -0.4 is 5.32 Å². The van der Waals surface area contributed by atoms with E-state index in [2.05, 4.69) is 16.0 Å². The smallest absolute Gasteiger partial charge is 0.293 e. The first-order valence-electron chi connectivity index (χ1n) is 5.35. The molecule has 0 aromatic carbocycles. The minimum Gasteiger partial charge on any atom is -0.462 e. The fourth-order valence-electron chi connectivity index (χ4n) is 1.16. The number of β-amino-alcohol motifs (C(OH)–C–C–N with tert-alkyl or cyclic N) is 1. The van der Waals surface area contributed by atoms with Crippen LogP contribution in [-0.4, -0.2) is 35.9 Å². The normalized spacial score (nSPS) is 24.7. The van der Waals surface area contributed by atoms with Crippen molar-refractivity contribution in [1.82, 2.24) is 5.32 Å². The van der Waals surface area contributed by atoms with Crippen LogP contribution in [0.4, 0.5) is 0 Å². The first kappa shape index (κ1) is 14.9. The highest BCUT2D eigenvalue weighted by Crippen LogP contribution is 2.13. The molecule has 1 aliphatic heterocycles. The highest BCUT2D eigenvalue weighted by atomic mass is 16.5. The Morgan fingerprint density at radius 1 is 1.56 bits per heavy atom. The van der Waals surface area contributed by atoms with Crippen molar-refractivity contribution in [3.63, 3.8) is 0 Å². The Morgan fingerprint density at radius 2 is 2.19 bits per heavy atom. The minimum absolute atomic E-state index is 0.318. The molecule has 16 heavy (non-hydrogen) atoms. The van der Waals surface area contributed by atoms with Gasteiger partial charge in [0.15, 0.2) is 0 Å².